The number of fused-ring (bicyclic) bond motifs is 1. The number of halogens is 2. The van der Waals surface area contributed by atoms with Crippen LogP contribution in [-0.2, 0) is 10.0 Å². The molecular formula is C18H20ClFN6O2S. The van der Waals surface area contributed by atoms with Gasteiger partial charge in [-0.05, 0) is 31.3 Å². The fourth-order valence-electron chi connectivity index (χ4n) is 3.18. The average Bonchev–Trinajstić information content (AvgIpc) is 3.08. The number of nitrogens with two attached hydrogens (primary N) is 1. The van der Waals surface area contributed by atoms with Crippen molar-refractivity contribution in [2.24, 2.45) is 0 Å². The summed E-state index contributed by atoms with van der Waals surface area (Å²) in [6, 6.07) is 7.24. The number of hydrogen-bond acceptors (Lipinski definition) is 6. The van der Waals surface area contributed by atoms with Crippen molar-refractivity contribution in [1.29, 1.82) is 0 Å². The van der Waals surface area contributed by atoms with E-state index >= 15 is 0 Å². The van der Waals surface area contributed by atoms with Crippen LogP contribution in [0.5, 0.6) is 0 Å². The summed E-state index contributed by atoms with van der Waals surface area (Å²) in [5.74, 6) is -0.276. The first-order chi connectivity index (χ1) is 13.7. The van der Waals surface area contributed by atoms with Gasteiger partial charge in [-0.15, -0.1) is 0 Å². The Hall–Kier alpha value is -2.40. The third-order valence-corrected chi connectivity index (χ3v) is 7.08. The van der Waals surface area contributed by atoms with Gasteiger partial charge in [-0.3, -0.25) is 0 Å². The van der Waals surface area contributed by atoms with Gasteiger partial charge in [0, 0.05) is 32.2 Å². The first kappa shape index (κ1) is 19.9. The summed E-state index contributed by atoms with van der Waals surface area (Å²) in [4.78, 5) is 9.71. The largest absolute Gasteiger partial charge is 0.397 e. The molecule has 0 aliphatic carbocycles. The molecule has 1 aromatic heterocycles. The summed E-state index contributed by atoms with van der Waals surface area (Å²) in [5, 5.41) is 2.88. The molecule has 2 heterocycles. The van der Waals surface area contributed by atoms with E-state index in [0.717, 1.165) is 6.07 Å². The van der Waals surface area contributed by atoms with Crippen molar-refractivity contribution in [3.05, 3.63) is 41.2 Å². The number of hydrogen-bond donors (Lipinski definition) is 3. The number of aromatic amines is 1. The molecule has 1 aliphatic rings. The fourth-order valence-corrected chi connectivity index (χ4v) is 4.79. The Morgan fingerprint density at radius 2 is 1.93 bits per heavy atom. The van der Waals surface area contributed by atoms with Crippen molar-refractivity contribution in [2.45, 2.75) is 4.90 Å². The molecule has 1 saturated heterocycles. The number of likely N-dealkylation sites (N-methyl/N-ethyl adjacent to an activating group) is 1. The van der Waals surface area contributed by atoms with E-state index < -0.39 is 15.8 Å². The predicted molar refractivity (Wildman–Crippen MR) is 111 cm³/mol. The molecule has 8 nitrogen and oxygen atoms in total. The smallest absolute Gasteiger partial charge is 0.243 e. The molecule has 3 aromatic rings. The molecule has 11 heteroatoms. The second-order valence-corrected chi connectivity index (χ2v) is 9.30. The molecule has 0 saturated carbocycles. The fraction of sp³-hybridized carbons (Fsp3) is 0.278. The van der Waals surface area contributed by atoms with Gasteiger partial charge in [0.15, 0.2) is 0 Å². The second kappa shape index (κ2) is 7.45. The highest BCUT2D eigenvalue weighted by molar-refractivity contribution is 7.89. The summed E-state index contributed by atoms with van der Waals surface area (Å²) in [5.41, 5.74) is 7.51. The van der Waals surface area contributed by atoms with E-state index in [1.165, 1.54) is 16.4 Å². The molecule has 0 amide bonds. The topological polar surface area (TPSA) is 107 Å². The normalized spacial score (nSPS) is 16.4. The van der Waals surface area contributed by atoms with Crippen molar-refractivity contribution < 1.29 is 12.8 Å². The standard InChI is InChI=1S/C18H20ClFN6O2S/c1-25-4-6-26(7-5-25)29(27,28)11-2-3-15-17(8-11)24-18(22-15)23-16-9-12(19)13(20)10-14(16)21/h2-3,8-10H,4-7,21H2,1H3,(H2,22,23,24). The summed E-state index contributed by atoms with van der Waals surface area (Å²) in [6.45, 7) is 2.29. The van der Waals surface area contributed by atoms with Crippen LogP contribution in [0.2, 0.25) is 5.02 Å². The third-order valence-electron chi connectivity index (χ3n) is 4.90. The lowest BCUT2D eigenvalue weighted by atomic mass is 10.2. The van der Waals surface area contributed by atoms with Crippen LogP contribution in [0.25, 0.3) is 11.0 Å². The van der Waals surface area contributed by atoms with Gasteiger partial charge < -0.3 is 20.9 Å². The quantitative estimate of drug-likeness (QED) is 0.540. The lowest BCUT2D eigenvalue weighted by Gasteiger charge is -2.31. The Morgan fingerprint density at radius 3 is 2.66 bits per heavy atom. The zero-order valence-corrected chi connectivity index (χ0v) is 17.2. The van der Waals surface area contributed by atoms with Crippen LogP contribution in [0.15, 0.2) is 35.2 Å². The van der Waals surface area contributed by atoms with Crippen molar-refractivity contribution in [1.82, 2.24) is 19.2 Å². The zero-order valence-electron chi connectivity index (χ0n) is 15.6. The highest BCUT2D eigenvalue weighted by Gasteiger charge is 2.27. The van der Waals surface area contributed by atoms with Crippen LogP contribution in [0.1, 0.15) is 0 Å². The minimum absolute atomic E-state index is 0.0710. The maximum absolute atomic E-state index is 13.5. The first-order valence-electron chi connectivity index (χ1n) is 8.94. The number of rotatable bonds is 4. The van der Waals surface area contributed by atoms with E-state index in [4.69, 9.17) is 17.3 Å². The van der Waals surface area contributed by atoms with Crippen molar-refractivity contribution in [3.8, 4) is 0 Å². The van der Waals surface area contributed by atoms with E-state index in [2.05, 4.69) is 20.2 Å². The van der Waals surface area contributed by atoms with Gasteiger partial charge >= 0.3 is 0 Å². The Kier molecular flexibility index (Phi) is 5.11. The number of sulfonamides is 1. The molecule has 154 valence electrons. The van der Waals surface area contributed by atoms with E-state index in [9.17, 15) is 12.8 Å². The lowest BCUT2D eigenvalue weighted by Crippen LogP contribution is -2.46. The van der Waals surface area contributed by atoms with Crippen LogP contribution in [0, 0.1) is 5.82 Å². The van der Waals surface area contributed by atoms with Gasteiger partial charge in [0.1, 0.15) is 5.82 Å². The summed E-state index contributed by atoms with van der Waals surface area (Å²) < 4.78 is 40.8. The Labute approximate surface area is 172 Å². The molecule has 2 aromatic carbocycles. The Balaban J connectivity index is 1.62. The summed E-state index contributed by atoms with van der Waals surface area (Å²) in [6.07, 6.45) is 0. The maximum atomic E-state index is 13.5. The number of imidazole rings is 1. The van der Waals surface area contributed by atoms with Gasteiger partial charge in [-0.25, -0.2) is 17.8 Å². The molecule has 0 bridgehead atoms. The SMILES string of the molecule is CN1CCN(S(=O)(=O)c2ccc3[nH]c(Nc4cc(Cl)c(F)cc4N)nc3c2)CC1. The van der Waals surface area contributed by atoms with Crippen LogP contribution in [-0.4, -0.2) is 60.8 Å². The molecular weight excluding hydrogens is 419 g/mol. The number of nitrogens with zero attached hydrogens (tertiary/aromatic N) is 3. The van der Waals surface area contributed by atoms with E-state index in [1.807, 2.05) is 7.05 Å². The minimum atomic E-state index is -3.59. The lowest BCUT2D eigenvalue weighted by molar-refractivity contribution is 0.222. The van der Waals surface area contributed by atoms with Crippen LogP contribution < -0.4 is 11.1 Å². The zero-order chi connectivity index (χ0) is 20.8. The average molecular weight is 439 g/mol. The van der Waals surface area contributed by atoms with Crippen molar-refractivity contribution in [3.63, 3.8) is 0 Å². The number of H-pyrrole nitrogens is 1. The van der Waals surface area contributed by atoms with Crippen LogP contribution >= 0.6 is 11.6 Å². The number of aromatic nitrogens is 2. The molecule has 1 fully saturated rings. The number of nitrogens with one attached hydrogen (secondary N) is 2. The number of nitrogen functional groups attached to an aromatic ring is 1. The highest BCUT2D eigenvalue weighted by Crippen LogP contribution is 2.29. The summed E-state index contributed by atoms with van der Waals surface area (Å²) >= 11 is 5.81. The molecule has 1 aliphatic heterocycles. The molecule has 0 atom stereocenters. The van der Waals surface area contributed by atoms with Gasteiger partial charge in [0.25, 0.3) is 0 Å². The molecule has 29 heavy (non-hydrogen) atoms. The second-order valence-electron chi connectivity index (χ2n) is 6.95. The van der Waals surface area contributed by atoms with Crippen molar-refractivity contribution >= 4 is 50.0 Å². The third kappa shape index (κ3) is 3.88. The Morgan fingerprint density at radius 1 is 1.21 bits per heavy atom. The maximum Gasteiger partial charge on any atom is 0.243 e. The predicted octanol–water partition coefficient (Wildman–Crippen LogP) is 2.62. The van der Waals surface area contributed by atoms with Gasteiger partial charge in [-0.2, -0.15) is 4.31 Å². The highest BCUT2D eigenvalue weighted by atomic mass is 35.5. The molecule has 0 radical (unpaired) electrons. The Bertz CT molecular complexity index is 1170. The van der Waals surface area contributed by atoms with Gasteiger partial charge in [0.2, 0.25) is 16.0 Å². The van der Waals surface area contributed by atoms with E-state index in [0.29, 0.717) is 48.8 Å². The molecule has 4 rings (SSSR count). The molecule has 4 N–H and O–H groups in total. The van der Waals surface area contributed by atoms with E-state index in [-0.39, 0.29) is 15.6 Å². The number of anilines is 3. The molecule has 0 spiro atoms. The van der Waals surface area contributed by atoms with Crippen LogP contribution in [0.3, 0.4) is 0 Å². The van der Waals surface area contributed by atoms with Gasteiger partial charge in [-0.1, -0.05) is 11.6 Å². The van der Waals surface area contributed by atoms with Gasteiger partial charge in [0.05, 0.1) is 32.3 Å². The molecule has 0 unspecified atom stereocenters. The monoisotopic (exact) mass is 438 g/mol. The number of benzene rings is 2. The number of piperazine rings is 1. The first-order valence-corrected chi connectivity index (χ1v) is 10.8. The van der Waals surface area contributed by atoms with Crippen molar-refractivity contribution in [2.75, 3.05) is 44.3 Å². The van der Waals surface area contributed by atoms with Crippen LogP contribution in [0.4, 0.5) is 21.7 Å². The summed E-state index contributed by atoms with van der Waals surface area (Å²) in [7, 11) is -1.62. The van der Waals surface area contributed by atoms with E-state index in [1.54, 1.807) is 12.1 Å². The minimum Gasteiger partial charge on any atom is -0.397 e.